The number of nitrogens with one attached hydrogen (secondary N) is 1. The molecular formula is C16H13N3O2S. The number of nitrogens with zero attached hydrogens (tertiary/aromatic N) is 2. The molecule has 0 bridgehead atoms. The number of aromatic nitrogens is 1. The second kappa shape index (κ2) is 5.14. The highest BCUT2D eigenvalue weighted by atomic mass is 32.2. The Morgan fingerprint density at radius 1 is 1.27 bits per heavy atom. The van der Waals surface area contributed by atoms with Gasteiger partial charge < -0.3 is 10.2 Å². The lowest BCUT2D eigenvalue weighted by molar-refractivity contribution is -0.119. The summed E-state index contributed by atoms with van der Waals surface area (Å²) in [5.41, 5.74) is 2.36. The summed E-state index contributed by atoms with van der Waals surface area (Å²) in [6, 6.07) is 10.7. The summed E-state index contributed by atoms with van der Waals surface area (Å²) in [6.45, 7) is 0. The van der Waals surface area contributed by atoms with Crippen LogP contribution in [-0.4, -0.2) is 33.5 Å². The van der Waals surface area contributed by atoms with E-state index in [1.54, 1.807) is 41.2 Å². The lowest BCUT2D eigenvalue weighted by atomic mass is 10.1. The monoisotopic (exact) mass is 311 g/mol. The first-order valence-corrected chi connectivity index (χ1v) is 8.04. The smallest absolute Gasteiger partial charge is 0.256 e. The third-order valence-corrected chi connectivity index (χ3v) is 5.23. The summed E-state index contributed by atoms with van der Waals surface area (Å²) in [4.78, 5) is 30.7. The molecule has 1 fully saturated rings. The summed E-state index contributed by atoms with van der Waals surface area (Å²) in [5.74, 6) is 0.387. The van der Waals surface area contributed by atoms with E-state index in [-0.39, 0.29) is 17.2 Å². The van der Waals surface area contributed by atoms with Gasteiger partial charge in [-0.2, -0.15) is 0 Å². The molecule has 1 aromatic heterocycles. The molecule has 1 N–H and O–H groups in total. The van der Waals surface area contributed by atoms with E-state index in [9.17, 15) is 9.59 Å². The Balaban J connectivity index is 1.59. The quantitative estimate of drug-likeness (QED) is 0.924. The summed E-state index contributed by atoms with van der Waals surface area (Å²) < 4.78 is 0. The van der Waals surface area contributed by atoms with Crippen molar-refractivity contribution >= 4 is 29.3 Å². The summed E-state index contributed by atoms with van der Waals surface area (Å²) in [5, 5.41) is 2.79. The van der Waals surface area contributed by atoms with Crippen molar-refractivity contribution < 1.29 is 9.59 Å². The van der Waals surface area contributed by atoms with Crippen LogP contribution in [0.1, 0.15) is 21.3 Å². The number of rotatable bonds is 2. The first kappa shape index (κ1) is 13.3. The molecule has 0 spiro atoms. The van der Waals surface area contributed by atoms with Crippen LogP contribution in [0.25, 0.3) is 0 Å². The summed E-state index contributed by atoms with van der Waals surface area (Å²) >= 11 is 1.64. The van der Waals surface area contributed by atoms with E-state index in [1.165, 1.54) is 0 Å². The minimum Gasteiger partial charge on any atom is -0.323 e. The predicted octanol–water partition coefficient (Wildman–Crippen LogP) is 2.29. The van der Waals surface area contributed by atoms with Gasteiger partial charge in [-0.15, -0.1) is 11.8 Å². The maximum atomic E-state index is 12.6. The number of hydrogen-bond donors (Lipinski definition) is 1. The highest BCUT2D eigenvalue weighted by molar-refractivity contribution is 7.99. The number of carbonyl (C=O) groups excluding carboxylic acids is 2. The van der Waals surface area contributed by atoms with Gasteiger partial charge in [0.15, 0.2) is 0 Å². The Morgan fingerprint density at radius 2 is 2.14 bits per heavy atom. The number of thioether (sulfide) groups is 1. The molecule has 1 saturated heterocycles. The van der Waals surface area contributed by atoms with Crippen LogP contribution in [0.5, 0.6) is 0 Å². The van der Waals surface area contributed by atoms with Gasteiger partial charge in [0.2, 0.25) is 5.91 Å². The first-order chi connectivity index (χ1) is 10.8. The second-order valence-electron chi connectivity index (χ2n) is 5.23. The van der Waals surface area contributed by atoms with Crippen LogP contribution in [0, 0.1) is 0 Å². The zero-order chi connectivity index (χ0) is 15.1. The molecule has 4 rings (SSSR count). The standard InChI is InChI=1S/C16H13N3O2S/c20-14(18-10-4-3-7-17-8-10)13-9-22-16-12-6-2-1-5-11(12)15(21)19(13)16/h1-8,13,16H,9H2,(H,18,20)/t13-,16+/m0/s1. The first-order valence-electron chi connectivity index (χ1n) is 7.00. The molecular weight excluding hydrogens is 298 g/mol. The van der Waals surface area contributed by atoms with E-state index in [0.29, 0.717) is 17.0 Å². The molecule has 0 radical (unpaired) electrons. The Morgan fingerprint density at radius 3 is 2.95 bits per heavy atom. The SMILES string of the molecule is O=C(Nc1cccnc1)[C@@H]1CS[C@@H]2c3ccccc3C(=O)N21. The number of benzene rings is 1. The maximum Gasteiger partial charge on any atom is 0.256 e. The van der Waals surface area contributed by atoms with Crippen molar-refractivity contribution in [2.45, 2.75) is 11.4 Å². The fourth-order valence-corrected chi connectivity index (χ4v) is 4.37. The third kappa shape index (κ3) is 1.99. The van der Waals surface area contributed by atoms with E-state index >= 15 is 0 Å². The van der Waals surface area contributed by atoms with Crippen LogP contribution < -0.4 is 5.32 Å². The maximum absolute atomic E-state index is 12.6. The number of hydrogen-bond acceptors (Lipinski definition) is 4. The summed E-state index contributed by atoms with van der Waals surface area (Å²) in [7, 11) is 0. The van der Waals surface area contributed by atoms with Gasteiger partial charge >= 0.3 is 0 Å². The van der Waals surface area contributed by atoms with E-state index in [2.05, 4.69) is 10.3 Å². The molecule has 22 heavy (non-hydrogen) atoms. The van der Waals surface area contributed by atoms with Crippen molar-refractivity contribution in [1.29, 1.82) is 0 Å². The number of fused-ring (bicyclic) bond motifs is 3. The molecule has 0 unspecified atom stereocenters. The molecule has 110 valence electrons. The number of anilines is 1. The topological polar surface area (TPSA) is 62.3 Å². The molecule has 6 heteroatoms. The van der Waals surface area contributed by atoms with Gasteiger partial charge in [0.25, 0.3) is 5.91 Å². The molecule has 2 atom stereocenters. The van der Waals surface area contributed by atoms with E-state index in [4.69, 9.17) is 0 Å². The Labute approximate surface area is 131 Å². The average molecular weight is 311 g/mol. The van der Waals surface area contributed by atoms with Crippen LogP contribution >= 0.6 is 11.8 Å². The molecule has 0 aliphatic carbocycles. The second-order valence-corrected chi connectivity index (χ2v) is 6.35. The lowest BCUT2D eigenvalue weighted by Crippen LogP contribution is -2.42. The normalized spacial score (nSPS) is 22.4. The minimum absolute atomic E-state index is 0.0478. The van der Waals surface area contributed by atoms with E-state index in [0.717, 1.165) is 5.56 Å². The number of carbonyl (C=O) groups is 2. The summed E-state index contributed by atoms with van der Waals surface area (Å²) in [6.07, 6.45) is 3.25. The molecule has 1 aromatic carbocycles. The molecule has 2 amide bonds. The minimum atomic E-state index is -0.449. The van der Waals surface area contributed by atoms with Gasteiger partial charge in [-0.25, -0.2) is 0 Å². The van der Waals surface area contributed by atoms with Crippen LogP contribution in [0.4, 0.5) is 5.69 Å². The number of amides is 2. The van der Waals surface area contributed by atoms with Crippen molar-refractivity contribution in [2.75, 3.05) is 11.1 Å². The van der Waals surface area contributed by atoms with Gasteiger partial charge in [0.1, 0.15) is 11.4 Å². The van der Waals surface area contributed by atoms with Crippen molar-refractivity contribution in [3.63, 3.8) is 0 Å². The van der Waals surface area contributed by atoms with Crippen LogP contribution in [-0.2, 0) is 4.79 Å². The largest absolute Gasteiger partial charge is 0.323 e. The van der Waals surface area contributed by atoms with Crippen LogP contribution in [0.2, 0.25) is 0 Å². The Bertz CT molecular complexity index is 750. The highest BCUT2D eigenvalue weighted by Gasteiger charge is 2.48. The molecule has 2 aliphatic rings. The molecule has 3 heterocycles. The van der Waals surface area contributed by atoms with Crippen molar-refractivity contribution in [2.24, 2.45) is 0 Å². The Hall–Kier alpha value is -2.34. The molecule has 2 aliphatic heterocycles. The van der Waals surface area contributed by atoms with Gasteiger partial charge in [-0.05, 0) is 23.8 Å². The zero-order valence-electron chi connectivity index (χ0n) is 11.6. The van der Waals surface area contributed by atoms with Gasteiger partial charge in [0, 0.05) is 17.5 Å². The van der Waals surface area contributed by atoms with E-state index < -0.39 is 6.04 Å². The third-order valence-electron chi connectivity index (χ3n) is 3.92. The van der Waals surface area contributed by atoms with Gasteiger partial charge in [-0.3, -0.25) is 14.6 Å². The van der Waals surface area contributed by atoms with Gasteiger partial charge in [-0.1, -0.05) is 18.2 Å². The molecule has 2 aromatic rings. The number of pyridine rings is 1. The van der Waals surface area contributed by atoms with E-state index in [1.807, 2.05) is 24.3 Å². The molecule has 5 nitrogen and oxygen atoms in total. The Kier molecular flexibility index (Phi) is 3.11. The van der Waals surface area contributed by atoms with Gasteiger partial charge in [0.05, 0.1) is 11.9 Å². The van der Waals surface area contributed by atoms with Crippen molar-refractivity contribution in [1.82, 2.24) is 9.88 Å². The average Bonchev–Trinajstić information content (AvgIpc) is 3.10. The fourth-order valence-electron chi connectivity index (χ4n) is 2.90. The zero-order valence-corrected chi connectivity index (χ0v) is 12.4. The van der Waals surface area contributed by atoms with Crippen molar-refractivity contribution in [3.05, 3.63) is 59.9 Å². The predicted molar refractivity (Wildman–Crippen MR) is 84.5 cm³/mol. The van der Waals surface area contributed by atoms with Crippen LogP contribution in [0.3, 0.4) is 0 Å². The highest BCUT2D eigenvalue weighted by Crippen LogP contribution is 2.48. The lowest BCUT2D eigenvalue weighted by Gasteiger charge is -2.22. The van der Waals surface area contributed by atoms with Crippen molar-refractivity contribution in [3.8, 4) is 0 Å². The van der Waals surface area contributed by atoms with Crippen LogP contribution in [0.15, 0.2) is 48.8 Å². The molecule has 0 saturated carbocycles. The fraction of sp³-hybridized carbons (Fsp3) is 0.188.